The first kappa shape index (κ1) is 17.2. The molecule has 0 bridgehead atoms. The summed E-state index contributed by atoms with van der Waals surface area (Å²) >= 11 is 0. The summed E-state index contributed by atoms with van der Waals surface area (Å²) in [6.07, 6.45) is 2.83. The molecule has 0 saturated heterocycles. The largest absolute Gasteiger partial charge is 0.539 e. The van der Waals surface area contributed by atoms with Gasteiger partial charge in [-0.3, -0.25) is 4.79 Å². The second kappa shape index (κ2) is 7.52. The first-order chi connectivity index (χ1) is 12.6. The molecule has 0 atom stereocenters. The van der Waals surface area contributed by atoms with E-state index >= 15 is 0 Å². The highest BCUT2D eigenvalue weighted by molar-refractivity contribution is 6.05. The predicted octanol–water partition coefficient (Wildman–Crippen LogP) is 1.94. The molecule has 0 N–H and O–H groups in total. The van der Waals surface area contributed by atoms with Gasteiger partial charge in [-0.05, 0) is 29.0 Å². The Kier molecular flexibility index (Phi) is 4.98. The van der Waals surface area contributed by atoms with Crippen molar-refractivity contribution in [3.8, 4) is 23.1 Å². The zero-order valence-electron chi connectivity index (χ0n) is 14.2. The minimum Gasteiger partial charge on any atom is -0.539 e. The number of rotatable bonds is 6. The van der Waals surface area contributed by atoms with Crippen molar-refractivity contribution in [2.75, 3.05) is 14.2 Å². The molecule has 0 aliphatic heterocycles. The lowest BCUT2D eigenvalue weighted by Crippen LogP contribution is -2.38. The Morgan fingerprint density at radius 2 is 1.92 bits per heavy atom. The van der Waals surface area contributed by atoms with Crippen LogP contribution in [0, 0.1) is 0 Å². The van der Waals surface area contributed by atoms with Gasteiger partial charge in [0.1, 0.15) is 11.5 Å². The van der Waals surface area contributed by atoms with Gasteiger partial charge in [-0.2, -0.15) is 0 Å². The molecule has 0 aliphatic carbocycles. The molecule has 3 rings (SSSR count). The summed E-state index contributed by atoms with van der Waals surface area (Å²) in [5.41, 5.74) is 1.04. The highest BCUT2D eigenvalue weighted by Gasteiger charge is 2.25. The maximum atomic E-state index is 12.5. The Hall–Kier alpha value is -3.61. The SMILES string of the molecule is COc1ccc(/C=C/C(=O)c2c([O-])on[n+]2-c2ccccc2)c(OC)c1. The molecule has 0 aliphatic rings. The monoisotopic (exact) mass is 352 g/mol. The van der Waals surface area contributed by atoms with E-state index in [0.29, 0.717) is 22.7 Å². The van der Waals surface area contributed by atoms with E-state index in [1.807, 2.05) is 6.07 Å². The van der Waals surface area contributed by atoms with E-state index in [0.717, 1.165) is 0 Å². The lowest BCUT2D eigenvalue weighted by Gasteiger charge is -2.06. The second-order valence-electron chi connectivity index (χ2n) is 5.26. The van der Waals surface area contributed by atoms with Crippen molar-refractivity contribution >= 4 is 11.9 Å². The Bertz CT molecular complexity index is 948. The van der Waals surface area contributed by atoms with Gasteiger partial charge in [0.15, 0.2) is 5.95 Å². The van der Waals surface area contributed by atoms with Crippen molar-refractivity contribution in [2.45, 2.75) is 0 Å². The highest BCUT2D eigenvalue weighted by atomic mass is 16.6. The molecular weight excluding hydrogens is 336 g/mol. The number of benzene rings is 2. The lowest BCUT2D eigenvalue weighted by molar-refractivity contribution is -0.672. The third-order valence-electron chi connectivity index (χ3n) is 3.70. The summed E-state index contributed by atoms with van der Waals surface area (Å²) in [6, 6.07) is 14.0. The predicted molar refractivity (Wildman–Crippen MR) is 90.4 cm³/mol. The average Bonchev–Trinajstić information content (AvgIpc) is 3.08. The normalized spacial score (nSPS) is 10.8. The van der Waals surface area contributed by atoms with Gasteiger partial charge in [0.2, 0.25) is 5.69 Å². The molecule has 2 aromatic carbocycles. The zero-order chi connectivity index (χ0) is 18.5. The molecule has 0 fully saturated rings. The van der Waals surface area contributed by atoms with Crippen LogP contribution in [0.15, 0.2) is 59.1 Å². The number of ketones is 1. The third kappa shape index (κ3) is 3.41. The molecule has 132 valence electrons. The summed E-state index contributed by atoms with van der Waals surface area (Å²) in [5.74, 6) is -0.159. The van der Waals surface area contributed by atoms with E-state index in [-0.39, 0.29) is 5.69 Å². The highest BCUT2D eigenvalue weighted by Crippen LogP contribution is 2.25. The van der Waals surface area contributed by atoms with E-state index in [4.69, 9.17) is 9.47 Å². The molecule has 1 heterocycles. The van der Waals surface area contributed by atoms with Crippen LogP contribution in [-0.2, 0) is 0 Å². The van der Waals surface area contributed by atoms with Gasteiger partial charge in [0, 0.05) is 23.8 Å². The summed E-state index contributed by atoms with van der Waals surface area (Å²) in [6.45, 7) is 0. The third-order valence-corrected chi connectivity index (χ3v) is 3.70. The van der Waals surface area contributed by atoms with Crippen molar-refractivity contribution in [3.63, 3.8) is 0 Å². The molecule has 0 spiro atoms. The van der Waals surface area contributed by atoms with E-state index in [2.05, 4.69) is 9.79 Å². The fourth-order valence-electron chi connectivity index (χ4n) is 2.40. The molecule has 7 heteroatoms. The number of methoxy groups -OCH3 is 2. The molecule has 26 heavy (non-hydrogen) atoms. The van der Waals surface area contributed by atoms with E-state index in [1.54, 1.807) is 55.7 Å². The van der Waals surface area contributed by atoms with Gasteiger partial charge in [-0.15, -0.1) is 0 Å². The van der Waals surface area contributed by atoms with Crippen LogP contribution < -0.4 is 19.3 Å². The first-order valence-electron chi connectivity index (χ1n) is 7.73. The molecule has 0 radical (unpaired) electrons. The van der Waals surface area contributed by atoms with Crippen LogP contribution in [0.1, 0.15) is 16.1 Å². The van der Waals surface area contributed by atoms with Crippen LogP contribution in [0.3, 0.4) is 0 Å². The first-order valence-corrected chi connectivity index (χ1v) is 7.73. The summed E-state index contributed by atoms with van der Waals surface area (Å²) in [7, 11) is 3.07. The maximum absolute atomic E-state index is 12.5. The van der Waals surface area contributed by atoms with E-state index < -0.39 is 11.7 Å². The van der Waals surface area contributed by atoms with Gasteiger partial charge >= 0.3 is 5.69 Å². The van der Waals surface area contributed by atoms with Crippen molar-refractivity contribution in [1.29, 1.82) is 0 Å². The Balaban J connectivity index is 1.92. The van der Waals surface area contributed by atoms with Gasteiger partial charge in [-0.1, -0.05) is 18.2 Å². The lowest BCUT2D eigenvalue weighted by atomic mass is 10.1. The van der Waals surface area contributed by atoms with Crippen LogP contribution in [-0.4, -0.2) is 25.3 Å². The van der Waals surface area contributed by atoms with Crippen LogP contribution in [0.4, 0.5) is 0 Å². The van der Waals surface area contributed by atoms with Gasteiger partial charge < -0.3 is 19.1 Å². The number of carbonyl (C=O) groups excluding carboxylic acids is 1. The number of allylic oxidation sites excluding steroid dienone is 1. The van der Waals surface area contributed by atoms with E-state index in [1.165, 1.54) is 17.9 Å². The van der Waals surface area contributed by atoms with Crippen LogP contribution >= 0.6 is 0 Å². The van der Waals surface area contributed by atoms with Crippen LogP contribution in [0.5, 0.6) is 17.4 Å². The molecule has 0 unspecified atom stereocenters. The molecule has 1 aromatic heterocycles. The molecule has 0 saturated carbocycles. The van der Waals surface area contributed by atoms with Crippen LogP contribution in [0.25, 0.3) is 11.8 Å². The summed E-state index contributed by atoms with van der Waals surface area (Å²) in [4.78, 5) is 12.5. The number of para-hydroxylation sites is 1. The fourth-order valence-corrected chi connectivity index (χ4v) is 2.40. The molecule has 0 amide bonds. The van der Waals surface area contributed by atoms with Crippen molar-refractivity contribution in [2.24, 2.45) is 0 Å². The molecule has 3 aromatic rings. The summed E-state index contributed by atoms with van der Waals surface area (Å²) < 4.78 is 16.3. The summed E-state index contributed by atoms with van der Waals surface area (Å²) in [5, 5.41) is 15.6. The Morgan fingerprint density at radius 3 is 2.62 bits per heavy atom. The molecular formula is C19H16N2O5. The average molecular weight is 352 g/mol. The number of nitrogens with zero attached hydrogens (tertiary/aromatic N) is 2. The van der Waals surface area contributed by atoms with Crippen molar-refractivity contribution in [1.82, 2.24) is 5.27 Å². The van der Waals surface area contributed by atoms with Crippen LogP contribution in [0.2, 0.25) is 0 Å². The number of ether oxygens (including phenoxy) is 2. The van der Waals surface area contributed by atoms with E-state index in [9.17, 15) is 9.90 Å². The smallest absolute Gasteiger partial charge is 0.310 e. The molecule has 7 nitrogen and oxygen atoms in total. The number of hydrogen-bond donors (Lipinski definition) is 0. The maximum Gasteiger partial charge on any atom is 0.310 e. The second-order valence-corrected chi connectivity index (χ2v) is 5.26. The zero-order valence-corrected chi connectivity index (χ0v) is 14.2. The van der Waals surface area contributed by atoms with Gasteiger partial charge in [-0.25, -0.2) is 0 Å². The Morgan fingerprint density at radius 1 is 1.15 bits per heavy atom. The number of aromatic nitrogens is 2. The quantitative estimate of drug-likeness (QED) is 0.383. The minimum absolute atomic E-state index is 0.181. The van der Waals surface area contributed by atoms with Crippen molar-refractivity contribution < 1.29 is 28.6 Å². The van der Waals surface area contributed by atoms with Gasteiger partial charge in [0.05, 0.1) is 19.5 Å². The topological polar surface area (TPSA) is 88.5 Å². The minimum atomic E-state index is -0.801. The standard InChI is InChI=1S/C19H16N2O5/c1-24-15-10-8-13(17(12-15)25-2)9-11-16(22)18-19(23)26-20-21(18)14-6-4-3-5-7-14/h3-12H,1-2H3/b11-9+. The Labute approximate surface area is 149 Å². The fraction of sp³-hybridized carbons (Fsp3) is 0.105. The number of hydrogen-bond acceptors (Lipinski definition) is 6. The van der Waals surface area contributed by atoms with Gasteiger partial charge in [0.25, 0.3) is 5.78 Å². The van der Waals surface area contributed by atoms with Crippen molar-refractivity contribution in [3.05, 3.63) is 65.9 Å². The number of carbonyl (C=O) groups is 1.